The number of aryl methyl sites for hydroxylation is 1. The fraction of sp³-hybridized carbons (Fsp3) is 0.279. The predicted octanol–water partition coefficient (Wildman–Crippen LogP) is 9.08. The van der Waals surface area contributed by atoms with Crippen molar-refractivity contribution in [3.63, 3.8) is 0 Å². The second kappa shape index (κ2) is 17.5. The average Bonchev–Trinajstić information content (AvgIpc) is 3.96. The molecule has 17 heteroatoms. The first-order valence-corrected chi connectivity index (χ1v) is 19.5. The third kappa shape index (κ3) is 10.0. The van der Waals surface area contributed by atoms with Gasteiger partial charge in [-0.15, -0.1) is 8.78 Å². The van der Waals surface area contributed by atoms with Crippen LogP contribution in [0.3, 0.4) is 0 Å². The first-order chi connectivity index (χ1) is 28.6. The van der Waals surface area contributed by atoms with Crippen molar-refractivity contribution in [1.82, 2.24) is 15.6 Å². The number of hydrogen-bond acceptors (Lipinski definition) is 8. The SMILES string of the molecule is Cc1ccc(NC(=O)C2(c3ccc4c(c3)OC(F)(F)O4)CC2)nc1-c1cccc(C(=O)NCCOCCNCc2cc(Br)ccc2OCc2ccc(F)c(C(F)(F)F)c2)c1. The van der Waals surface area contributed by atoms with Crippen LogP contribution in [0.4, 0.5) is 32.2 Å². The van der Waals surface area contributed by atoms with E-state index in [1.807, 2.05) is 13.0 Å². The smallest absolute Gasteiger partial charge is 0.489 e. The summed E-state index contributed by atoms with van der Waals surface area (Å²) >= 11 is 3.42. The number of ether oxygens (including phenoxy) is 4. The van der Waals surface area contributed by atoms with Crippen molar-refractivity contribution in [3.05, 3.63) is 135 Å². The summed E-state index contributed by atoms with van der Waals surface area (Å²) in [6.45, 7) is 3.26. The van der Waals surface area contributed by atoms with E-state index in [2.05, 4.69) is 46.3 Å². The molecule has 5 aromatic rings. The zero-order chi connectivity index (χ0) is 42.7. The number of rotatable bonds is 16. The highest BCUT2D eigenvalue weighted by Gasteiger charge is 2.53. The van der Waals surface area contributed by atoms with E-state index < -0.39 is 29.3 Å². The first kappa shape index (κ1) is 42.5. The summed E-state index contributed by atoms with van der Waals surface area (Å²) in [6.07, 6.45) is -7.55. The van der Waals surface area contributed by atoms with Crippen LogP contribution in [0, 0.1) is 12.7 Å². The van der Waals surface area contributed by atoms with E-state index in [1.54, 1.807) is 54.6 Å². The van der Waals surface area contributed by atoms with Gasteiger partial charge in [-0.3, -0.25) is 9.59 Å². The lowest BCUT2D eigenvalue weighted by atomic mass is 9.94. The van der Waals surface area contributed by atoms with Gasteiger partial charge >= 0.3 is 12.5 Å². The molecular weight excluding hydrogens is 862 g/mol. The van der Waals surface area contributed by atoms with Crippen molar-refractivity contribution in [2.75, 3.05) is 31.6 Å². The topological polar surface area (TPSA) is 120 Å². The van der Waals surface area contributed by atoms with Crippen molar-refractivity contribution in [2.24, 2.45) is 0 Å². The Hall–Kier alpha value is -5.65. The van der Waals surface area contributed by atoms with E-state index in [9.17, 15) is 35.9 Å². The van der Waals surface area contributed by atoms with E-state index in [-0.39, 0.29) is 48.6 Å². The average molecular weight is 900 g/mol. The van der Waals surface area contributed by atoms with Crippen LogP contribution in [0.5, 0.6) is 17.2 Å². The van der Waals surface area contributed by atoms with Crippen molar-refractivity contribution in [1.29, 1.82) is 0 Å². The zero-order valence-electron chi connectivity index (χ0n) is 31.9. The molecule has 1 aliphatic carbocycles. The van der Waals surface area contributed by atoms with Crippen LogP contribution < -0.4 is 30.2 Å². The van der Waals surface area contributed by atoms with E-state index in [0.717, 1.165) is 27.7 Å². The van der Waals surface area contributed by atoms with Crippen molar-refractivity contribution >= 4 is 33.6 Å². The minimum absolute atomic E-state index is 0.0981. The number of pyridine rings is 1. The molecule has 314 valence electrons. The molecule has 1 aromatic heterocycles. The number of alkyl halides is 5. The Morgan fingerprint density at radius 3 is 2.47 bits per heavy atom. The summed E-state index contributed by atoms with van der Waals surface area (Å²) in [4.78, 5) is 31.2. The molecule has 0 atom stereocenters. The molecule has 0 spiro atoms. The van der Waals surface area contributed by atoms with Crippen LogP contribution in [0.25, 0.3) is 11.3 Å². The molecule has 4 aromatic carbocycles. The number of aromatic nitrogens is 1. The molecule has 3 N–H and O–H groups in total. The molecule has 1 saturated carbocycles. The molecule has 10 nitrogen and oxygen atoms in total. The van der Waals surface area contributed by atoms with Gasteiger partial charge in [0.2, 0.25) is 5.91 Å². The minimum atomic E-state index is -4.82. The van der Waals surface area contributed by atoms with Gasteiger partial charge in [0, 0.05) is 40.8 Å². The van der Waals surface area contributed by atoms with Crippen LogP contribution >= 0.6 is 15.9 Å². The maximum absolute atomic E-state index is 13.7. The van der Waals surface area contributed by atoms with Crippen LogP contribution in [0.1, 0.15) is 51.0 Å². The highest BCUT2D eigenvalue weighted by Crippen LogP contribution is 2.52. The van der Waals surface area contributed by atoms with Crippen LogP contribution in [0.15, 0.2) is 95.5 Å². The third-order valence-corrected chi connectivity index (χ3v) is 10.4. The number of hydrogen-bond donors (Lipinski definition) is 3. The molecule has 2 heterocycles. The fourth-order valence-corrected chi connectivity index (χ4v) is 7.04. The molecule has 7 rings (SSSR count). The lowest BCUT2D eigenvalue weighted by molar-refractivity contribution is -0.286. The molecule has 0 saturated heterocycles. The summed E-state index contributed by atoms with van der Waals surface area (Å²) in [6, 6.07) is 22.7. The second-order valence-corrected chi connectivity index (χ2v) is 15.1. The Kier molecular flexibility index (Phi) is 12.4. The molecule has 0 unspecified atom stereocenters. The lowest BCUT2D eigenvalue weighted by Gasteiger charge is -2.17. The van der Waals surface area contributed by atoms with Gasteiger partial charge in [-0.05, 0) is 97.1 Å². The summed E-state index contributed by atoms with van der Waals surface area (Å²) in [5.41, 5.74) is 1.58. The number of carbonyl (C=O) groups excluding carboxylic acids is 2. The molecule has 1 fully saturated rings. The van der Waals surface area contributed by atoms with Gasteiger partial charge in [0.05, 0.1) is 29.9 Å². The molecule has 1 aliphatic heterocycles. The van der Waals surface area contributed by atoms with Gasteiger partial charge in [-0.25, -0.2) is 9.37 Å². The zero-order valence-corrected chi connectivity index (χ0v) is 33.4. The molecular formula is C43H37BrF6N4O6. The number of nitrogens with one attached hydrogen (secondary N) is 3. The molecule has 0 radical (unpaired) electrons. The summed E-state index contributed by atoms with van der Waals surface area (Å²) in [7, 11) is 0. The van der Waals surface area contributed by atoms with Gasteiger partial charge in [-0.1, -0.05) is 46.3 Å². The van der Waals surface area contributed by atoms with Crippen molar-refractivity contribution in [3.8, 4) is 28.5 Å². The van der Waals surface area contributed by atoms with E-state index >= 15 is 0 Å². The van der Waals surface area contributed by atoms with Gasteiger partial charge in [0.15, 0.2) is 11.5 Å². The molecule has 2 amide bonds. The predicted molar refractivity (Wildman–Crippen MR) is 211 cm³/mol. The number of carbonyl (C=O) groups is 2. The number of nitrogens with zero attached hydrogens (tertiary/aromatic N) is 1. The van der Waals surface area contributed by atoms with E-state index in [4.69, 9.17) is 9.47 Å². The second-order valence-electron chi connectivity index (χ2n) is 14.2. The normalized spacial score (nSPS) is 14.7. The molecule has 2 aliphatic rings. The maximum atomic E-state index is 13.7. The largest absolute Gasteiger partial charge is 0.586 e. The van der Waals surface area contributed by atoms with Gasteiger partial charge in [0.1, 0.15) is 24.0 Å². The van der Waals surface area contributed by atoms with Crippen LogP contribution in [-0.4, -0.2) is 49.4 Å². The molecule has 0 bridgehead atoms. The summed E-state index contributed by atoms with van der Waals surface area (Å²) in [5, 5.41) is 8.93. The highest BCUT2D eigenvalue weighted by molar-refractivity contribution is 9.10. The quantitative estimate of drug-likeness (QED) is 0.0664. The maximum Gasteiger partial charge on any atom is 0.586 e. The molecule has 60 heavy (non-hydrogen) atoms. The lowest BCUT2D eigenvalue weighted by Crippen LogP contribution is -2.28. The number of fused-ring (bicyclic) bond motifs is 1. The van der Waals surface area contributed by atoms with Crippen LogP contribution in [-0.2, 0) is 34.3 Å². The Balaban J connectivity index is 0.861. The van der Waals surface area contributed by atoms with Gasteiger partial charge in [-0.2, -0.15) is 13.2 Å². The minimum Gasteiger partial charge on any atom is -0.489 e. The van der Waals surface area contributed by atoms with Crippen molar-refractivity contribution in [2.45, 2.75) is 50.8 Å². The number of benzene rings is 4. The summed E-state index contributed by atoms with van der Waals surface area (Å²) < 4.78 is 102. The van der Waals surface area contributed by atoms with Gasteiger partial charge < -0.3 is 34.9 Å². The highest BCUT2D eigenvalue weighted by atomic mass is 79.9. The third-order valence-electron chi connectivity index (χ3n) is 9.90. The Labute approximate surface area is 348 Å². The fourth-order valence-electron chi connectivity index (χ4n) is 6.63. The number of anilines is 1. The van der Waals surface area contributed by atoms with Gasteiger partial charge in [0.25, 0.3) is 5.91 Å². The number of amides is 2. The van der Waals surface area contributed by atoms with Crippen LogP contribution in [0.2, 0.25) is 0 Å². The van der Waals surface area contributed by atoms with E-state index in [1.165, 1.54) is 18.2 Å². The van der Waals surface area contributed by atoms with Crippen molar-refractivity contribution < 1.29 is 54.9 Å². The standard InChI is InChI=1S/C43H37BrF6N4O6/c1-25-5-12-37(54-40(56)41(13-14-41)30-7-10-35-36(22-30)60-43(49,50)59-35)53-38(25)27-3-2-4-28(20-27)39(55)52-16-18-57-17-15-51-23-29-21-31(44)8-11-34(29)58-24-26-6-9-33(45)32(19-26)42(46,47)48/h2-12,19-22,51H,13-18,23-24H2,1H3,(H,52,55)(H,53,54,56). The first-order valence-electron chi connectivity index (χ1n) is 18.7. The van der Waals surface area contributed by atoms with E-state index in [0.29, 0.717) is 66.5 Å². The number of halogens is 7. The Morgan fingerprint density at radius 2 is 1.68 bits per heavy atom. The Bertz CT molecular complexity index is 2410. The monoisotopic (exact) mass is 898 g/mol. The Morgan fingerprint density at radius 1 is 0.900 bits per heavy atom. The summed E-state index contributed by atoms with van der Waals surface area (Å²) in [5.74, 6) is -1.49.